The Morgan fingerprint density at radius 3 is 2.61 bits per heavy atom. The number of hydrogen-bond donors (Lipinski definition) is 2. The first kappa shape index (κ1) is 17.2. The molecule has 2 heterocycles. The zero-order valence-corrected chi connectivity index (χ0v) is 14.8. The third-order valence-corrected chi connectivity index (χ3v) is 4.81. The summed E-state index contributed by atoms with van der Waals surface area (Å²) in [5.41, 5.74) is 0.592. The van der Waals surface area contributed by atoms with E-state index in [1.165, 1.54) is 21.3 Å². The molecular formula is C12H17N7O2S2. The van der Waals surface area contributed by atoms with Crippen LogP contribution in [0.15, 0.2) is 5.16 Å². The van der Waals surface area contributed by atoms with Crippen LogP contribution >= 0.6 is 23.1 Å². The van der Waals surface area contributed by atoms with Gasteiger partial charge in [0.15, 0.2) is 5.13 Å². The summed E-state index contributed by atoms with van der Waals surface area (Å²) in [6.07, 6.45) is 0. The van der Waals surface area contributed by atoms with E-state index < -0.39 is 0 Å². The molecule has 0 fully saturated rings. The van der Waals surface area contributed by atoms with Crippen molar-refractivity contribution in [2.75, 3.05) is 31.0 Å². The van der Waals surface area contributed by atoms with Crippen molar-refractivity contribution in [2.45, 2.75) is 19.0 Å². The van der Waals surface area contributed by atoms with Crippen LogP contribution in [0.5, 0.6) is 0 Å². The van der Waals surface area contributed by atoms with Gasteiger partial charge in [0.05, 0.1) is 11.4 Å². The zero-order chi connectivity index (χ0) is 17.1. The Balaban J connectivity index is 1.97. The fourth-order valence-corrected chi connectivity index (χ4v) is 3.29. The molecule has 0 aliphatic carbocycles. The van der Waals surface area contributed by atoms with Gasteiger partial charge in [0.25, 0.3) is 5.91 Å². The Labute approximate surface area is 141 Å². The van der Waals surface area contributed by atoms with Gasteiger partial charge in [-0.2, -0.15) is 0 Å². The highest BCUT2D eigenvalue weighted by molar-refractivity contribution is 7.99. The van der Waals surface area contributed by atoms with Crippen LogP contribution in [0.25, 0.3) is 0 Å². The minimum absolute atomic E-state index is 0.116. The van der Waals surface area contributed by atoms with Crippen molar-refractivity contribution in [2.24, 2.45) is 0 Å². The Morgan fingerprint density at radius 1 is 1.35 bits per heavy atom. The van der Waals surface area contributed by atoms with Crippen molar-refractivity contribution < 1.29 is 9.59 Å². The molecule has 0 aliphatic rings. The van der Waals surface area contributed by atoms with E-state index in [0.29, 0.717) is 26.7 Å². The lowest BCUT2D eigenvalue weighted by atomic mass is 10.3. The molecule has 3 N–H and O–H groups in total. The average molecular weight is 355 g/mol. The number of rotatable bonds is 5. The standard InChI is InChI=1S/C12H17N7O2S2/c1-6-9(10(21)18(3)4)23-11(14-6)15-8(20)5-22-12-17-16-7(2)19(12)13/h5,13H2,1-4H3,(H,14,15,20). The lowest BCUT2D eigenvalue weighted by Gasteiger charge is -2.07. The van der Waals surface area contributed by atoms with Gasteiger partial charge < -0.3 is 16.1 Å². The van der Waals surface area contributed by atoms with Gasteiger partial charge >= 0.3 is 0 Å². The maximum absolute atomic E-state index is 12.0. The fraction of sp³-hybridized carbons (Fsp3) is 0.417. The number of hydrogen-bond acceptors (Lipinski definition) is 8. The average Bonchev–Trinajstić information content (AvgIpc) is 3.00. The van der Waals surface area contributed by atoms with E-state index in [0.717, 1.165) is 11.3 Å². The number of nitrogen functional groups attached to an aromatic ring is 1. The monoisotopic (exact) mass is 355 g/mol. The second-order valence-electron chi connectivity index (χ2n) is 4.87. The quantitative estimate of drug-likeness (QED) is 0.592. The molecule has 2 aromatic rings. The van der Waals surface area contributed by atoms with E-state index in [1.807, 2.05) is 0 Å². The van der Waals surface area contributed by atoms with Gasteiger partial charge in [0.1, 0.15) is 10.7 Å². The Morgan fingerprint density at radius 2 is 2.04 bits per heavy atom. The first-order chi connectivity index (χ1) is 10.8. The lowest BCUT2D eigenvalue weighted by Crippen LogP contribution is -2.21. The maximum Gasteiger partial charge on any atom is 0.265 e. The number of carbonyl (C=O) groups is 2. The fourth-order valence-electron chi connectivity index (χ4n) is 1.59. The summed E-state index contributed by atoms with van der Waals surface area (Å²) in [7, 11) is 3.34. The molecule has 11 heteroatoms. The molecule has 2 rings (SSSR count). The number of thioether (sulfide) groups is 1. The second-order valence-corrected chi connectivity index (χ2v) is 6.81. The summed E-state index contributed by atoms with van der Waals surface area (Å²) in [5, 5.41) is 11.2. The highest BCUT2D eigenvalue weighted by atomic mass is 32.2. The van der Waals surface area contributed by atoms with Gasteiger partial charge in [-0.25, -0.2) is 9.66 Å². The molecule has 0 atom stereocenters. The van der Waals surface area contributed by atoms with Crippen LogP contribution in [0.2, 0.25) is 0 Å². The molecule has 0 unspecified atom stereocenters. The number of aryl methyl sites for hydroxylation is 2. The molecule has 124 valence electrons. The smallest absolute Gasteiger partial charge is 0.265 e. The van der Waals surface area contributed by atoms with E-state index in [-0.39, 0.29) is 17.6 Å². The molecule has 2 aromatic heterocycles. The number of anilines is 1. The van der Waals surface area contributed by atoms with Crippen LogP contribution in [0.4, 0.5) is 5.13 Å². The van der Waals surface area contributed by atoms with Gasteiger partial charge in [0, 0.05) is 14.1 Å². The van der Waals surface area contributed by atoms with Crippen molar-refractivity contribution in [3.8, 4) is 0 Å². The Bertz CT molecular complexity index is 738. The molecule has 0 saturated carbocycles. The highest BCUT2D eigenvalue weighted by Gasteiger charge is 2.18. The summed E-state index contributed by atoms with van der Waals surface area (Å²) in [4.78, 5) is 30.1. The molecule has 0 radical (unpaired) electrons. The minimum atomic E-state index is -0.256. The van der Waals surface area contributed by atoms with Crippen molar-refractivity contribution in [3.63, 3.8) is 0 Å². The first-order valence-corrected chi connectivity index (χ1v) is 8.38. The normalized spacial score (nSPS) is 10.6. The number of aromatic nitrogens is 4. The van der Waals surface area contributed by atoms with Crippen LogP contribution in [-0.4, -0.2) is 56.4 Å². The molecule has 0 spiro atoms. The van der Waals surface area contributed by atoms with Crippen LogP contribution in [0.3, 0.4) is 0 Å². The number of amides is 2. The number of thiazole rings is 1. The van der Waals surface area contributed by atoms with Gasteiger partial charge in [-0.15, -0.1) is 10.2 Å². The predicted octanol–water partition coefficient (Wildman–Crippen LogP) is 0.498. The minimum Gasteiger partial charge on any atom is -0.344 e. The van der Waals surface area contributed by atoms with Crippen molar-refractivity contribution in [1.82, 2.24) is 24.8 Å². The van der Waals surface area contributed by atoms with E-state index in [9.17, 15) is 9.59 Å². The van der Waals surface area contributed by atoms with Gasteiger partial charge in [-0.3, -0.25) is 9.59 Å². The highest BCUT2D eigenvalue weighted by Crippen LogP contribution is 2.24. The van der Waals surface area contributed by atoms with E-state index in [2.05, 4.69) is 20.5 Å². The number of carbonyl (C=O) groups excluding carboxylic acids is 2. The van der Waals surface area contributed by atoms with Gasteiger partial charge in [-0.05, 0) is 13.8 Å². The number of nitrogens with one attached hydrogen (secondary N) is 1. The van der Waals surface area contributed by atoms with Crippen LogP contribution in [-0.2, 0) is 4.79 Å². The molecule has 0 aliphatic heterocycles. The molecule has 0 bridgehead atoms. The number of nitrogens with zero attached hydrogens (tertiary/aromatic N) is 5. The van der Waals surface area contributed by atoms with Gasteiger partial charge in [-0.1, -0.05) is 23.1 Å². The molecule has 23 heavy (non-hydrogen) atoms. The topological polar surface area (TPSA) is 119 Å². The summed E-state index contributed by atoms with van der Waals surface area (Å²) < 4.78 is 1.32. The lowest BCUT2D eigenvalue weighted by molar-refractivity contribution is -0.113. The zero-order valence-electron chi connectivity index (χ0n) is 13.2. The van der Waals surface area contributed by atoms with E-state index >= 15 is 0 Å². The maximum atomic E-state index is 12.0. The number of nitrogens with two attached hydrogens (primary N) is 1. The molecular weight excluding hydrogens is 338 g/mol. The summed E-state index contributed by atoms with van der Waals surface area (Å²) in [6.45, 7) is 3.45. The third-order valence-electron chi connectivity index (χ3n) is 2.81. The van der Waals surface area contributed by atoms with Gasteiger partial charge in [0.2, 0.25) is 11.1 Å². The van der Waals surface area contributed by atoms with Crippen molar-refractivity contribution in [1.29, 1.82) is 0 Å². The molecule has 0 saturated heterocycles. The van der Waals surface area contributed by atoms with Crippen LogP contribution < -0.4 is 11.2 Å². The van der Waals surface area contributed by atoms with E-state index in [4.69, 9.17) is 5.84 Å². The Hall–Kier alpha value is -2.14. The molecule has 0 aromatic carbocycles. The largest absolute Gasteiger partial charge is 0.344 e. The van der Waals surface area contributed by atoms with Crippen molar-refractivity contribution in [3.05, 3.63) is 16.4 Å². The first-order valence-electron chi connectivity index (χ1n) is 6.58. The second kappa shape index (κ2) is 6.96. The summed E-state index contributed by atoms with van der Waals surface area (Å²) >= 11 is 2.32. The molecule has 9 nitrogen and oxygen atoms in total. The predicted molar refractivity (Wildman–Crippen MR) is 89.1 cm³/mol. The van der Waals surface area contributed by atoms with Crippen LogP contribution in [0, 0.1) is 13.8 Å². The van der Waals surface area contributed by atoms with Crippen molar-refractivity contribution >= 4 is 40.0 Å². The SMILES string of the molecule is Cc1nc(NC(=O)CSc2nnc(C)n2N)sc1C(=O)N(C)C. The summed E-state index contributed by atoms with van der Waals surface area (Å²) in [6, 6.07) is 0. The summed E-state index contributed by atoms with van der Waals surface area (Å²) in [5.74, 6) is 6.00. The molecule has 2 amide bonds. The third kappa shape index (κ3) is 3.99. The van der Waals surface area contributed by atoms with E-state index in [1.54, 1.807) is 27.9 Å². The Kier molecular flexibility index (Phi) is 5.21. The van der Waals surface area contributed by atoms with Crippen LogP contribution in [0.1, 0.15) is 21.2 Å².